The molecule has 0 saturated carbocycles. The molecule has 4 heteroatoms. The third-order valence-electron chi connectivity index (χ3n) is 3.99. The van der Waals surface area contributed by atoms with Gasteiger partial charge in [0.1, 0.15) is 11.3 Å². The lowest BCUT2D eigenvalue weighted by atomic mass is 10.1. The predicted molar refractivity (Wildman–Crippen MR) is 89.3 cm³/mol. The number of para-hydroxylation sites is 1. The molecule has 1 aromatic heterocycles. The molecule has 0 spiro atoms. The van der Waals surface area contributed by atoms with Gasteiger partial charge < -0.3 is 10.3 Å². The molecule has 0 saturated heterocycles. The molecule has 3 N–H and O–H groups in total. The highest BCUT2D eigenvalue weighted by molar-refractivity contribution is 5.67. The van der Waals surface area contributed by atoms with E-state index in [9.17, 15) is 10.3 Å². The molecule has 0 aliphatic rings. The highest BCUT2D eigenvalue weighted by Crippen LogP contribution is 2.29. The summed E-state index contributed by atoms with van der Waals surface area (Å²) in [6.07, 6.45) is 2.80. The van der Waals surface area contributed by atoms with Crippen LogP contribution >= 0.6 is 0 Å². The van der Waals surface area contributed by atoms with Gasteiger partial charge in [0.2, 0.25) is 0 Å². The lowest BCUT2D eigenvalue weighted by Crippen LogP contribution is -2.35. The van der Waals surface area contributed by atoms with Gasteiger partial charge in [0.05, 0.1) is 0 Å². The van der Waals surface area contributed by atoms with E-state index in [-0.39, 0.29) is 5.75 Å². The molecule has 0 amide bonds. The fourth-order valence-electron chi connectivity index (χ4n) is 2.76. The molecule has 3 aromatic rings. The molecule has 1 heterocycles. The Kier molecular flexibility index (Phi) is 4.33. The molecule has 0 fully saturated rings. The zero-order valence-corrected chi connectivity index (χ0v) is 13.2. The first kappa shape index (κ1) is 15.2. The summed E-state index contributed by atoms with van der Waals surface area (Å²) in [5.41, 5.74) is 3.31. The predicted octanol–water partition coefficient (Wildman–Crippen LogP) is 3.92. The van der Waals surface area contributed by atoms with E-state index in [0.29, 0.717) is 11.4 Å². The van der Waals surface area contributed by atoms with Crippen LogP contribution < -0.4 is 4.73 Å². The summed E-state index contributed by atoms with van der Waals surface area (Å²) in [5.74, 6) is 0.631. The number of unbranched alkanes of at least 4 members (excludes halogenated alkanes) is 1. The van der Waals surface area contributed by atoms with Gasteiger partial charge in [-0.15, -0.1) is 0 Å². The second-order valence-electron chi connectivity index (χ2n) is 5.59. The number of aromatic nitrogens is 2. The minimum Gasteiger partial charge on any atom is -0.507 e. The zero-order valence-electron chi connectivity index (χ0n) is 13.2. The first-order valence-electron chi connectivity index (χ1n) is 7.92. The number of hydrogen-bond acceptors (Lipinski definition) is 2. The van der Waals surface area contributed by atoms with Gasteiger partial charge in [-0.3, -0.25) is 0 Å². The smallest absolute Gasteiger partial charge is 0.330 e. The van der Waals surface area contributed by atoms with Crippen LogP contribution in [0.15, 0.2) is 54.6 Å². The summed E-state index contributed by atoms with van der Waals surface area (Å²) in [6, 6.07) is 16.9. The summed E-state index contributed by atoms with van der Waals surface area (Å²) in [7, 11) is 0. The summed E-state index contributed by atoms with van der Waals surface area (Å²) in [6.45, 7) is 2.13. The highest BCUT2D eigenvalue weighted by Gasteiger charge is 2.28. The number of aromatic hydroxyl groups is 1. The maximum absolute atomic E-state index is 10.6. The average molecular weight is 309 g/mol. The van der Waals surface area contributed by atoms with Crippen LogP contribution in [0.4, 0.5) is 0 Å². The Bertz CT molecular complexity index is 794. The van der Waals surface area contributed by atoms with E-state index in [4.69, 9.17) is 0 Å². The van der Waals surface area contributed by atoms with Gasteiger partial charge in [-0.2, -0.15) is 0 Å². The van der Waals surface area contributed by atoms with Crippen molar-refractivity contribution >= 4 is 0 Å². The van der Waals surface area contributed by atoms with Crippen molar-refractivity contribution in [2.24, 2.45) is 0 Å². The number of nitrogens with zero attached hydrogens (tertiary/aromatic N) is 1. The van der Waals surface area contributed by atoms with Crippen molar-refractivity contribution in [1.29, 1.82) is 0 Å². The van der Waals surface area contributed by atoms with Crippen LogP contribution in [0.25, 0.3) is 22.6 Å². The van der Waals surface area contributed by atoms with Crippen molar-refractivity contribution in [1.82, 2.24) is 4.98 Å². The topological polar surface area (TPSA) is 60.1 Å². The second-order valence-corrected chi connectivity index (χ2v) is 5.59. The Labute approximate surface area is 135 Å². The maximum atomic E-state index is 10.6. The average Bonchev–Trinajstić information content (AvgIpc) is 2.91. The summed E-state index contributed by atoms with van der Waals surface area (Å²) < 4.78 is 1.17. The van der Waals surface area contributed by atoms with Crippen molar-refractivity contribution in [3.8, 4) is 28.4 Å². The molecule has 0 aliphatic heterocycles. The molecule has 0 atom stereocenters. The molecule has 0 aliphatic carbocycles. The summed E-state index contributed by atoms with van der Waals surface area (Å²) in [4.78, 5) is 3.29. The minimum absolute atomic E-state index is 0.137. The van der Waals surface area contributed by atoms with Crippen molar-refractivity contribution in [2.45, 2.75) is 26.2 Å². The van der Waals surface area contributed by atoms with Crippen LogP contribution in [0.2, 0.25) is 0 Å². The lowest BCUT2D eigenvalue weighted by Gasteiger charge is -1.99. The van der Waals surface area contributed by atoms with Gasteiger partial charge in [0.25, 0.3) is 0 Å². The number of aromatic amines is 1. The Morgan fingerprint density at radius 1 is 1.00 bits per heavy atom. The Morgan fingerprint density at radius 2 is 1.70 bits per heavy atom. The van der Waals surface area contributed by atoms with Crippen LogP contribution in [0, 0.1) is 0 Å². The van der Waals surface area contributed by atoms with E-state index >= 15 is 0 Å². The van der Waals surface area contributed by atoms with Crippen molar-refractivity contribution < 1.29 is 15.0 Å². The fourth-order valence-corrected chi connectivity index (χ4v) is 2.76. The fraction of sp³-hybridized carbons (Fsp3) is 0.211. The molecule has 0 unspecified atom stereocenters. The molecule has 0 bridgehead atoms. The Balaban J connectivity index is 2.16. The van der Waals surface area contributed by atoms with E-state index < -0.39 is 0 Å². The molecule has 23 heavy (non-hydrogen) atoms. The molecule has 0 radical (unpaired) electrons. The second kappa shape index (κ2) is 6.57. The van der Waals surface area contributed by atoms with Gasteiger partial charge in [-0.1, -0.05) is 55.8 Å². The van der Waals surface area contributed by atoms with Crippen molar-refractivity contribution in [2.75, 3.05) is 0 Å². The van der Waals surface area contributed by atoms with Crippen LogP contribution in [-0.2, 0) is 6.42 Å². The molecule has 2 aromatic carbocycles. The monoisotopic (exact) mass is 309 g/mol. The largest absolute Gasteiger partial charge is 0.507 e. The van der Waals surface area contributed by atoms with Crippen LogP contribution in [0.3, 0.4) is 0 Å². The number of phenolic OH excluding ortho intramolecular Hbond substituents is 1. The highest BCUT2D eigenvalue weighted by atomic mass is 16.5. The Hall–Kier alpha value is -2.75. The summed E-state index contributed by atoms with van der Waals surface area (Å²) in [5, 5.41) is 20.7. The van der Waals surface area contributed by atoms with Gasteiger partial charge in [0, 0.05) is 12.0 Å². The van der Waals surface area contributed by atoms with Gasteiger partial charge in [0.15, 0.2) is 11.4 Å². The van der Waals surface area contributed by atoms with E-state index in [2.05, 4.69) is 11.9 Å². The number of hydrogen-bond donors (Lipinski definition) is 3. The van der Waals surface area contributed by atoms with E-state index in [0.717, 1.165) is 36.2 Å². The first-order valence-corrected chi connectivity index (χ1v) is 7.92. The lowest BCUT2D eigenvalue weighted by molar-refractivity contribution is -0.899. The van der Waals surface area contributed by atoms with Gasteiger partial charge in [-0.25, -0.2) is 4.98 Å². The van der Waals surface area contributed by atoms with Crippen LogP contribution in [0.5, 0.6) is 5.75 Å². The van der Waals surface area contributed by atoms with Crippen LogP contribution in [0.1, 0.15) is 25.5 Å². The third kappa shape index (κ3) is 2.93. The Morgan fingerprint density at radius 3 is 2.39 bits per heavy atom. The first-order chi connectivity index (χ1) is 11.2. The SMILES string of the molecule is CCCCc1c(-c2ccccc2)[nH]c(-c2ccccc2O)[n+]1O. The van der Waals surface area contributed by atoms with Gasteiger partial charge in [-0.05, 0) is 23.3 Å². The number of benzene rings is 2. The summed E-state index contributed by atoms with van der Waals surface area (Å²) >= 11 is 0. The zero-order chi connectivity index (χ0) is 16.2. The quantitative estimate of drug-likeness (QED) is 0.494. The van der Waals surface area contributed by atoms with Crippen molar-refractivity contribution in [3.63, 3.8) is 0 Å². The number of imidazole rings is 1. The van der Waals surface area contributed by atoms with E-state index in [1.54, 1.807) is 18.2 Å². The number of nitrogens with one attached hydrogen (secondary N) is 1. The standard InChI is InChI=1S/C19H20N2O2/c1-2-3-12-16-18(14-9-5-4-6-10-14)20-19(21(16)23)15-11-7-8-13-17(15)22/h4-11,13,23H,2-3,12H2,1H3,(H,20,22)/p+1. The number of rotatable bonds is 5. The third-order valence-corrected chi connectivity index (χ3v) is 3.99. The van der Waals surface area contributed by atoms with Crippen LogP contribution in [-0.4, -0.2) is 15.3 Å². The van der Waals surface area contributed by atoms with E-state index in [1.165, 1.54) is 4.73 Å². The molecule has 4 nitrogen and oxygen atoms in total. The van der Waals surface area contributed by atoms with Crippen molar-refractivity contribution in [3.05, 3.63) is 60.3 Å². The molecule has 118 valence electrons. The van der Waals surface area contributed by atoms with Gasteiger partial charge >= 0.3 is 5.82 Å². The minimum atomic E-state index is 0.137. The number of phenols is 1. The molecular formula is C19H21N2O2+. The van der Waals surface area contributed by atoms with E-state index in [1.807, 2.05) is 36.4 Å². The maximum Gasteiger partial charge on any atom is 0.330 e. The molecular weight excluding hydrogens is 288 g/mol. The molecule has 3 rings (SSSR count). The normalized spacial score (nSPS) is 10.8. The number of H-pyrrole nitrogens is 1.